The Morgan fingerprint density at radius 1 is 1.56 bits per heavy atom. The van der Waals surface area contributed by atoms with E-state index in [1.807, 2.05) is 12.1 Å². The number of benzene rings is 1. The third-order valence-corrected chi connectivity index (χ3v) is 4.71. The van der Waals surface area contributed by atoms with Crippen LogP contribution in [0, 0.1) is 0 Å². The fourth-order valence-corrected chi connectivity index (χ4v) is 3.42. The number of hydrogen-bond donors (Lipinski definition) is 3. The Balaban J connectivity index is 2.03. The van der Waals surface area contributed by atoms with Crippen molar-refractivity contribution in [1.29, 1.82) is 0 Å². The lowest BCUT2D eigenvalue weighted by Crippen LogP contribution is -2.23. The molecule has 0 spiro atoms. The highest BCUT2D eigenvalue weighted by Crippen LogP contribution is 2.38. The van der Waals surface area contributed by atoms with Crippen molar-refractivity contribution in [3.8, 4) is 5.75 Å². The summed E-state index contributed by atoms with van der Waals surface area (Å²) in [7, 11) is 1.64. The zero-order valence-electron chi connectivity index (χ0n) is 10.4. The van der Waals surface area contributed by atoms with E-state index in [1.54, 1.807) is 18.9 Å². The van der Waals surface area contributed by atoms with E-state index < -0.39 is 6.10 Å². The minimum atomic E-state index is -0.666. The lowest BCUT2D eigenvalue weighted by molar-refractivity contribution is 0.113. The number of thioether (sulfide) groups is 1. The van der Waals surface area contributed by atoms with Gasteiger partial charge in [-0.15, -0.1) is 0 Å². The molecular weight excluding hydrogens is 250 g/mol. The molecule has 0 aromatic heterocycles. The first-order valence-corrected chi connectivity index (χ1v) is 7.03. The maximum absolute atomic E-state index is 9.37. The number of aliphatic hydroxyl groups is 2. The molecule has 0 fully saturated rings. The number of methoxy groups -OCH3 is 1. The van der Waals surface area contributed by atoms with Crippen molar-refractivity contribution in [2.75, 3.05) is 19.5 Å². The van der Waals surface area contributed by atoms with Crippen molar-refractivity contribution in [1.82, 2.24) is 0 Å². The quantitative estimate of drug-likeness (QED) is 0.734. The summed E-state index contributed by atoms with van der Waals surface area (Å²) in [5, 5.41) is 18.4. The summed E-state index contributed by atoms with van der Waals surface area (Å²) in [4.78, 5) is 0. The molecule has 0 heterocycles. The van der Waals surface area contributed by atoms with E-state index in [4.69, 9.17) is 15.6 Å². The van der Waals surface area contributed by atoms with Gasteiger partial charge in [-0.1, -0.05) is 6.07 Å². The van der Waals surface area contributed by atoms with Crippen LogP contribution in [0.1, 0.15) is 17.2 Å². The molecule has 1 aromatic rings. The number of nitrogens with two attached hydrogens (primary N) is 1. The molecule has 0 aliphatic heterocycles. The van der Waals surface area contributed by atoms with Crippen molar-refractivity contribution >= 4 is 11.8 Å². The van der Waals surface area contributed by atoms with Gasteiger partial charge in [-0.05, 0) is 29.7 Å². The van der Waals surface area contributed by atoms with Crippen molar-refractivity contribution in [2.45, 2.75) is 23.8 Å². The summed E-state index contributed by atoms with van der Waals surface area (Å²) in [6.07, 6.45) is 0.240. The molecule has 0 amide bonds. The van der Waals surface area contributed by atoms with Crippen molar-refractivity contribution in [2.24, 2.45) is 5.73 Å². The summed E-state index contributed by atoms with van der Waals surface area (Å²) in [6, 6.07) is 5.95. The molecule has 0 bridgehead atoms. The first-order chi connectivity index (χ1) is 8.65. The number of ether oxygens (including phenoxy) is 1. The van der Waals surface area contributed by atoms with E-state index in [1.165, 1.54) is 5.56 Å². The van der Waals surface area contributed by atoms with Gasteiger partial charge >= 0.3 is 0 Å². The maximum atomic E-state index is 9.37. The van der Waals surface area contributed by atoms with Crippen LogP contribution in [0.4, 0.5) is 0 Å². The predicted octanol–water partition coefficient (Wildman–Crippen LogP) is 0.706. The molecule has 1 aliphatic carbocycles. The molecule has 4 N–H and O–H groups in total. The fraction of sp³-hybridized carbons (Fsp3) is 0.538. The molecule has 3 unspecified atom stereocenters. The van der Waals surface area contributed by atoms with Crippen LogP contribution in [0.5, 0.6) is 5.75 Å². The van der Waals surface area contributed by atoms with Gasteiger partial charge in [-0.25, -0.2) is 0 Å². The van der Waals surface area contributed by atoms with Crippen molar-refractivity contribution in [3.05, 3.63) is 29.3 Å². The SMILES string of the molecule is COc1ccc2c(c1)C(N)C(SCC(O)CO)C2. The Hall–Kier alpha value is -0.750. The lowest BCUT2D eigenvalue weighted by atomic mass is 10.1. The minimum Gasteiger partial charge on any atom is -0.497 e. The average molecular weight is 269 g/mol. The van der Waals surface area contributed by atoms with Gasteiger partial charge in [0.25, 0.3) is 0 Å². The Labute approximate surface area is 111 Å². The summed E-state index contributed by atoms with van der Waals surface area (Å²) < 4.78 is 5.20. The highest BCUT2D eigenvalue weighted by Gasteiger charge is 2.30. The van der Waals surface area contributed by atoms with Gasteiger partial charge in [0.2, 0.25) is 0 Å². The largest absolute Gasteiger partial charge is 0.497 e. The second-order valence-electron chi connectivity index (χ2n) is 4.50. The van der Waals surface area contributed by atoms with Gasteiger partial charge in [-0.2, -0.15) is 11.8 Å². The van der Waals surface area contributed by atoms with Crippen LogP contribution < -0.4 is 10.5 Å². The van der Waals surface area contributed by atoms with Gasteiger partial charge < -0.3 is 20.7 Å². The molecule has 1 aliphatic rings. The van der Waals surface area contributed by atoms with E-state index >= 15 is 0 Å². The Morgan fingerprint density at radius 2 is 2.33 bits per heavy atom. The van der Waals surface area contributed by atoms with Gasteiger partial charge in [0.15, 0.2) is 0 Å². The summed E-state index contributed by atoms with van der Waals surface area (Å²) >= 11 is 1.62. The Morgan fingerprint density at radius 3 is 3.00 bits per heavy atom. The van der Waals surface area contributed by atoms with E-state index in [0.717, 1.165) is 17.7 Å². The van der Waals surface area contributed by atoms with E-state index in [0.29, 0.717) is 5.75 Å². The number of rotatable bonds is 5. The molecule has 0 saturated heterocycles. The monoisotopic (exact) mass is 269 g/mol. The highest BCUT2D eigenvalue weighted by molar-refractivity contribution is 8.00. The van der Waals surface area contributed by atoms with Crippen LogP contribution in [0.25, 0.3) is 0 Å². The van der Waals surface area contributed by atoms with Crippen molar-refractivity contribution in [3.63, 3.8) is 0 Å². The molecule has 0 radical (unpaired) electrons. The van der Waals surface area contributed by atoms with Crippen LogP contribution in [0.3, 0.4) is 0 Å². The van der Waals surface area contributed by atoms with E-state index in [-0.39, 0.29) is 17.9 Å². The van der Waals surface area contributed by atoms with Crippen LogP contribution in [-0.2, 0) is 6.42 Å². The molecule has 2 rings (SSSR count). The molecule has 0 saturated carbocycles. The van der Waals surface area contributed by atoms with Gasteiger partial charge in [0.1, 0.15) is 5.75 Å². The molecule has 3 atom stereocenters. The molecule has 5 heteroatoms. The molecule has 18 heavy (non-hydrogen) atoms. The number of hydrogen-bond acceptors (Lipinski definition) is 5. The predicted molar refractivity (Wildman–Crippen MR) is 73.0 cm³/mol. The van der Waals surface area contributed by atoms with Crippen LogP contribution in [-0.4, -0.2) is 41.0 Å². The third-order valence-electron chi connectivity index (χ3n) is 3.25. The maximum Gasteiger partial charge on any atom is 0.119 e. The number of aliphatic hydroxyl groups excluding tert-OH is 2. The zero-order valence-corrected chi connectivity index (χ0v) is 11.2. The first kappa shape index (κ1) is 13.7. The minimum absolute atomic E-state index is 0.0361. The zero-order chi connectivity index (χ0) is 13.1. The standard InChI is InChI=1S/C13H19NO3S/c1-17-10-3-2-8-4-12(13(14)11(8)5-10)18-7-9(16)6-15/h2-3,5,9,12-13,15-16H,4,6-7,14H2,1H3. The fourth-order valence-electron chi connectivity index (χ4n) is 2.19. The van der Waals surface area contributed by atoms with Gasteiger partial charge in [-0.3, -0.25) is 0 Å². The second kappa shape index (κ2) is 5.93. The topological polar surface area (TPSA) is 75.7 Å². The van der Waals surface area contributed by atoms with Gasteiger partial charge in [0.05, 0.1) is 19.8 Å². The van der Waals surface area contributed by atoms with Crippen molar-refractivity contribution < 1.29 is 14.9 Å². The third kappa shape index (κ3) is 2.80. The molecule has 4 nitrogen and oxygen atoms in total. The summed E-state index contributed by atoms with van der Waals surface area (Å²) in [5.74, 6) is 1.34. The molecular formula is C13H19NO3S. The highest BCUT2D eigenvalue weighted by atomic mass is 32.2. The smallest absolute Gasteiger partial charge is 0.119 e. The van der Waals surface area contributed by atoms with Gasteiger partial charge in [0, 0.05) is 17.0 Å². The van der Waals surface area contributed by atoms with E-state index in [9.17, 15) is 5.11 Å². The van der Waals surface area contributed by atoms with Crippen LogP contribution >= 0.6 is 11.8 Å². The Kier molecular flexibility index (Phi) is 4.50. The molecule has 100 valence electrons. The van der Waals surface area contributed by atoms with E-state index in [2.05, 4.69) is 6.07 Å². The van der Waals surface area contributed by atoms with Crippen LogP contribution in [0.2, 0.25) is 0 Å². The summed E-state index contributed by atoms with van der Waals surface area (Å²) in [5.41, 5.74) is 8.60. The second-order valence-corrected chi connectivity index (χ2v) is 5.77. The number of fused-ring (bicyclic) bond motifs is 1. The van der Waals surface area contributed by atoms with Crippen LogP contribution in [0.15, 0.2) is 18.2 Å². The first-order valence-electron chi connectivity index (χ1n) is 5.98. The normalized spacial score (nSPS) is 23.8. The lowest BCUT2D eigenvalue weighted by Gasteiger charge is -2.17. The molecule has 1 aromatic carbocycles. The average Bonchev–Trinajstić information content (AvgIpc) is 2.72. The summed E-state index contributed by atoms with van der Waals surface area (Å²) in [6.45, 7) is -0.199. The Bertz CT molecular complexity index is 413.